The SMILES string of the molecule is NCCCCCCCCCCCCCCCCCCCCBr. The molecule has 22 heavy (non-hydrogen) atoms. The van der Waals surface area contributed by atoms with Crippen LogP contribution in [-0.4, -0.2) is 11.9 Å². The number of unbranched alkanes of at least 4 members (excludes halogenated alkanes) is 17. The van der Waals surface area contributed by atoms with Crippen molar-refractivity contribution in [3.63, 3.8) is 0 Å². The van der Waals surface area contributed by atoms with Gasteiger partial charge in [0.25, 0.3) is 0 Å². The monoisotopic (exact) mass is 375 g/mol. The number of rotatable bonds is 19. The fourth-order valence-corrected chi connectivity index (χ4v) is 3.46. The normalized spacial score (nSPS) is 11.2. The van der Waals surface area contributed by atoms with Gasteiger partial charge in [0.15, 0.2) is 0 Å². The van der Waals surface area contributed by atoms with E-state index < -0.39 is 0 Å². The molecule has 0 atom stereocenters. The molecule has 0 fully saturated rings. The van der Waals surface area contributed by atoms with Gasteiger partial charge in [0.05, 0.1) is 0 Å². The molecule has 0 spiro atoms. The van der Waals surface area contributed by atoms with Crippen LogP contribution in [0.2, 0.25) is 0 Å². The van der Waals surface area contributed by atoms with Crippen LogP contribution in [0.3, 0.4) is 0 Å². The Morgan fingerprint density at radius 1 is 0.364 bits per heavy atom. The largest absolute Gasteiger partial charge is 0.330 e. The highest BCUT2D eigenvalue weighted by Crippen LogP contribution is 2.14. The van der Waals surface area contributed by atoms with Gasteiger partial charge in [-0.25, -0.2) is 0 Å². The zero-order valence-corrected chi connectivity index (χ0v) is 16.7. The summed E-state index contributed by atoms with van der Waals surface area (Å²) in [6.07, 6.45) is 25.7. The van der Waals surface area contributed by atoms with E-state index in [0.29, 0.717) is 0 Å². The van der Waals surface area contributed by atoms with Crippen LogP contribution in [0.5, 0.6) is 0 Å². The molecule has 2 N–H and O–H groups in total. The average Bonchev–Trinajstić information content (AvgIpc) is 2.54. The molecule has 2 heteroatoms. The van der Waals surface area contributed by atoms with Gasteiger partial charge >= 0.3 is 0 Å². The van der Waals surface area contributed by atoms with Crippen molar-refractivity contribution in [1.29, 1.82) is 0 Å². The molecule has 0 aromatic carbocycles. The molecule has 0 aliphatic rings. The molecule has 1 nitrogen and oxygen atoms in total. The molecule has 0 amide bonds. The smallest absolute Gasteiger partial charge is 0.00313 e. The van der Waals surface area contributed by atoms with Crippen LogP contribution in [0.15, 0.2) is 0 Å². The van der Waals surface area contributed by atoms with Crippen LogP contribution in [0.25, 0.3) is 0 Å². The second-order valence-corrected chi connectivity index (χ2v) is 7.63. The molecule has 0 aliphatic carbocycles. The van der Waals surface area contributed by atoms with Crippen LogP contribution in [-0.2, 0) is 0 Å². The van der Waals surface area contributed by atoms with Crippen LogP contribution < -0.4 is 5.73 Å². The van der Waals surface area contributed by atoms with E-state index >= 15 is 0 Å². The van der Waals surface area contributed by atoms with E-state index in [4.69, 9.17) is 5.73 Å². The highest BCUT2D eigenvalue weighted by atomic mass is 79.9. The van der Waals surface area contributed by atoms with E-state index in [0.717, 1.165) is 6.54 Å². The van der Waals surface area contributed by atoms with Crippen molar-refractivity contribution in [3.8, 4) is 0 Å². The van der Waals surface area contributed by atoms with Crippen molar-refractivity contribution in [2.75, 3.05) is 11.9 Å². The van der Waals surface area contributed by atoms with Gasteiger partial charge in [0, 0.05) is 5.33 Å². The maximum absolute atomic E-state index is 5.50. The topological polar surface area (TPSA) is 26.0 Å². The molecule has 0 aromatic heterocycles. The Hall–Kier alpha value is 0.440. The molecule has 0 bridgehead atoms. The molecule has 0 saturated carbocycles. The summed E-state index contributed by atoms with van der Waals surface area (Å²) in [7, 11) is 0. The first kappa shape index (κ1) is 22.4. The third-order valence-electron chi connectivity index (χ3n) is 4.59. The molecule has 0 radical (unpaired) electrons. The standard InChI is InChI=1S/C20H42BrN/c21-19-17-15-13-11-9-7-5-3-1-2-4-6-8-10-12-14-16-18-20-22/h1-20,22H2. The second kappa shape index (κ2) is 21.4. The minimum Gasteiger partial charge on any atom is -0.330 e. The number of nitrogens with two attached hydrogens (primary N) is 1. The molecule has 0 aliphatic heterocycles. The van der Waals surface area contributed by atoms with Crippen LogP contribution in [0.4, 0.5) is 0 Å². The Morgan fingerprint density at radius 2 is 0.591 bits per heavy atom. The van der Waals surface area contributed by atoms with Gasteiger partial charge in [-0.3, -0.25) is 0 Å². The summed E-state index contributed by atoms with van der Waals surface area (Å²) < 4.78 is 0. The minimum absolute atomic E-state index is 0.872. The van der Waals surface area contributed by atoms with Gasteiger partial charge in [0.2, 0.25) is 0 Å². The Morgan fingerprint density at radius 3 is 0.818 bits per heavy atom. The molecular weight excluding hydrogens is 334 g/mol. The van der Waals surface area contributed by atoms with E-state index in [2.05, 4.69) is 15.9 Å². The summed E-state index contributed by atoms with van der Waals surface area (Å²) in [6.45, 7) is 0.872. The van der Waals surface area contributed by atoms with Crippen LogP contribution >= 0.6 is 15.9 Å². The summed E-state index contributed by atoms with van der Waals surface area (Å²) >= 11 is 3.50. The zero-order chi connectivity index (χ0) is 16.1. The number of hydrogen-bond acceptors (Lipinski definition) is 1. The quantitative estimate of drug-likeness (QED) is 0.185. The van der Waals surface area contributed by atoms with E-state index in [1.54, 1.807) is 0 Å². The van der Waals surface area contributed by atoms with E-state index in [9.17, 15) is 0 Å². The molecular formula is C20H42BrN. The second-order valence-electron chi connectivity index (χ2n) is 6.84. The van der Waals surface area contributed by atoms with Crippen molar-refractivity contribution in [2.45, 2.75) is 116 Å². The fourth-order valence-electron chi connectivity index (χ4n) is 3.07. The van der Waals surface area contributed by atoms with Gasteiger partial charge in [0.1, 0.15) is 0 Å². The van der Waals surface area contributed by atoms with Gasteiger partial charge in [-0.2, -0.15) is 0 Å². The van der Waals surface area contributed by atoms with Crippen LogP contribution in [0.1, 0.15) is 116 Å². The highest BCUT2D eigenvalue weighted by Gasteiger charge is 1.94. The summed E-state index contributed by atoms with van der Waals surface area (Å²) in [5.41, 5.74) is 5.50. The highest BCUT2D eigenvalue weighted by molar-refractivity contribution is 9.09. The Labute approximate surface area is 149 Å². The predicted octanol–water partition coefficient (Wildman–Crippen LogP) is 7.36. The molecule has 0 saturated heterocycles. The van der Waals surface area contributed by atoms with Gasteiger partial charge in [-0.1, -0.05) is 119 Å². The van der Waals surface area contributed by atoms with E-state index in [-0.39, 0.29) is 0 Å². The van der Waals surface area contributed by atoms with Gasteiger partial charge < -0.3 is 5.73 Å². The number of alkyl halides is 1. The van der Waals surface area contributed by atoms with Gasteiger partial charge in [-0.15, -0.1) is 0 Å². The lowest BCUT2D eigenvalue weighted by Crippen LogP contribution is -1.97. The summed E-state index contributed by atoms with van der Waals surface area (Å²) in [4.78, 5) is 0. The molecule has 0 rings (SSSR count). The number of hydrogen-bond donors (Lipinski definition) is 1. The predicted molar refractivity (Wildman–Crippen MR) is 106 cm³/mol. The Balaban J connectivity index is 2.91. The lowest BCUT2D eigenvalue weighted by Gasteiger charge is -2.03. The summed E-state index contributed by atoms with van der Waals surface area (Å²) in [6, 6.07) is 0. The van der Waals surface area contributed by atoms with Crippen LogP contribution in [0, 0.1) is 0 Å². The average molecular weight is 376 g/mol. The van der Waals surface area contributed by atoms with Crippen molar-refractivity contribution in [3.05, 3.63) is 0 Å². The first-order valence-corrected chi connectivity index (χ1v) is 11.3. The Kier molecular flexibility index (Phi) is 21.9. The Bertz CT molecular complexity index is 165. The molecule has 0 unspecified atom stereocenters. The lowest BCUT2D eigenvalue weighted by atomic mass is 10.0. The third-order valence-corrected chi connectivity index (χ3v) is 5.15. The first-order valence-electron chi connectivity index (χ1n) is 10.2. The zero-order valence-electron chi connectivity index (χ0n) is 15.1. The fraction of sp³-hybridized carbons (Fsp3) is 1.00. The van der Waals surface area contributed by atoms with Crippen molar-refractivity contribution < 1.29 is 0 Å². The first-order chi connectivity index (χ1) is 10.9. The summed E-state index contributed by atoms with van der Waals surface area (Å²) in [5.74, 6) is 0. The number of halogens is 1. The molecule has 0 aromatic rings. The maximum Gasteiger partial charge on any atom is 0.00313 e. The van der Waals surface area contributed by atoms with E-state index in [1.165, 1.54) is 121 Å². The van der Waals surface area contributed by atoms with Gasteiger partial charge in [-0.05, 0) is 19.4 Å². The van der Waals surface area contributed by atoms with Crippen molar-refractivity contribution in [2.24, 2.45) is 5.73 Å². The van der Waals surface area contributed by atoms with Crippen molar-refractivity contribution >= 4 is 15.9 Å². The third kappa shape index (κ3) is 20.4. The molecule has 0 heterocycles. The summed E-state index contributed by atoms with van der Waals surface area (Å²) in [5, 5.41) is 1.18. The molecule has 134 valence electrons. The lowest BCUT2D eigenvalue weighted by molar-refractivity contribution is 0.526. The maximum atomic E-state index is 5.50. The van der Waals surface area contributed by atoms with E-state index in [1.807, 2.05) is 0 Å². The van der Waals surface area contributed by atoms with Crippen molar-refractivity contribution in [1.82, 2.24) is 0 Å². The minimum atomic E-state index is 0.872.